The van der Waals surface area contributed by atoms with Crippen LogP contribution in [-0.4, -0.2) is 39.0 Å². The van der Waals surface area contributed by atoms with Gasteiger partial charge < -0.3 is 24.1 Å². The van der Waals surface area contributed by atoms with Crippen LogP contribution in [0.15, 0.2) is 12.1 Å². The van der Waals surface area contributed by atoms with Crippen LogP contribution in [0.25, 0.3) is 0 Å². The maximum atomic E-state index is 11.6. The molecule has 0 amide bonds. The Bertz CT molecular complexity index is 457. The zero-order valence-corrected chi connectivity index (χ0v) is 12.1. The molecule has 0 aliphatic heterocycles. The zero-order valence-electron chi connectivity index (χ0n) is 12.1. The summed E-state index contributed by atoms with van der Waals surface area (Å²) in [6.45, 7) is 2.15. The number of hydrogen-bond acceptors (Lipinski definition) is 6. The van der Waals surface area contributed by atoms with Crippen molar-refractivity contribution in [3.63, 3.8) is 0 Å². The van der Waals surface area contributed by atoms with Crippen LogP contribution in [0.2, 0.25) is 0 Å². The Balaban J connectivity index is 3.20. The lowest BCUT2D eigenvalue weighted by molar-refractivity contribution is -0.153. The monoisotopic (exact) mass is 284 g/mol. The van der Waals surface area contributed by atoms with Gasteiger partial charge in [-0.2, -0.15) is 0 Å². The Morgan fingerprint density at radius 3 is 2.45 bits per heavy atom. The lowest BCUT2D eigenvalue weighted by Crippen LogP contribution is -2.16. The fourth-order valence-corrected chi connectivity index (χ4v) is 1.84. The average molecular weight is 284 g/mol. The highest BCUT2D eigenvalue weighted by Crippen LogP contribution is 2.35. The third kappa shape index (κ3) is 3.61. The van der Waals surface area contributed by atoms with Gasteiger partial charge in [-0.15, -0.1) is 0 Å². The van der Waals surface area contributed by atoms with E-state index >= 15 is 0 Å². The molecule has 0 radical (unpaired) electrons. The number of benzene rings is 1. The van der Waals surface area contributed by atoms with Crippen LogP contribution in [-0.2, 0) is 20.9 Å². The predicted molar refractivity (Wildman–Crippen MR) is 71.9 cm³/mol. The Hall–Kier alpha value is -1.79. The van der Waals surface area contributed by atoms with Gasteiger partial charge in [0.15, 0.2) is 17.6 Å². The van der Waals surface area contributed by atoms with Crippen molar-refractivity contribution in [2.24, 2.45) is 0 Å². The van der Waals surface area contributed by atoms with E-state index in [2.05, 4.69) is 0 Å². The van der Waals surface area contributed by atoms with Crippen molar-refractivity contribution in [1.29, 1.82) is 0 Å². The Labute approximate surface area is 118 Å². The van der Waals surface area contributed by atoms with Crippen molar-refractivity contribution in [1.82, 2.24) is 0 Å². The summed E-state index contributed by atoms with van der Waals surface area (Å²) < 4.78 is 20.3. The molecular weight excluding hydrogens is 264 g/mol. The molecule has 0 fully saturated rings. The largest absolute Gasteiger partial charge is 0.493 e. The fraction of sp³-hybridized carbons (Fsp3) is 0.500. The first-order valence-electron chi connectivity index (χ1n) is 6.17. The van der Waals surface area contributed by atoms with Crippen molar-refractivity contribution in [2.45, 2.75) is 19.6 Å². The van der Waals surface area contributed by atoms with E-state index in [1.165, 1.54) is 14.2 Å². The molecule has 20 heavy (non-hydrogen) atoms. The lowest BCUT2D eigenvalue weighted by atomic mass is 10.0. The van der Waals surface area contributed by atoms with Crippen molar-refractivity contribution < 1.29 is 28.8 Å². The molecule has 112 valence electrons. The van der Waals surface area contributed by atoms with E-state index in [9.17, 15) is 9.90 Å². The number of carbonyl (C=O) groups is 1. The molecule has 1 rings (SSSR count). The third-order valence-electron chi connectivity index (χ3n) is 2.70. The van der Waals surface area contributed by atoms with Crippen LogP contribution in [0.5, 0.6) is 11.5 Å². The number of rotatable bonds is 7. The SMILES string of the molecule is CCOC(=O)C(O)c1cc(COC)c(OC)c(OC)c1. The van der Waals surface area contributed by atoms with Crippen molar-refractivity contribution in [3.8, 4) is 11.5 Å². The minimum absolute atomic E-state index is 0.202. The van der Waals surface area contributed by atoms with E-state index in [0.717, 1.165) is 0 Å². The molecule has 6 heteroatoms. The average Bonchev–Trinajstić information content (AvgIpc) is 2.46. The highest BCUT2D eigenvalue weighted by atomic mass is 16.5. The van der Waals surface area contributed by atoms with Gasteiger partial charge in [-0.25, -0.2) is 4.79 Å². The molecule has 0 bridgehead atoms. The molecule has 0 spiro atoms. The quantitative estimate of drug-likeness (QED) is 0.764. The summed E-state index contributed by atoms with van der Waals surface area (Å²) in [6, 6.07) is 3.17. The number of aliphatic hydroxyl groups excluding tert-OH is 1. The second kappa shape index (κ2) is 7.72. The normalized spacial score (nSPS) is 11.8. The summed E-state index contributed by atoms with van der Waals surface area (Å²) in [5.74, 6) is 0.220. The Morgan fingerprint density at radius 1 is 1.25 bits per heavy atom. The minimum Gasteiger partial charge on any atom is -0.493 e. The Morgan fingerprint density at radius 2 is 1.95 bits per heavy atom. The zero-order chi connectivity index (χ0) is 15.1. The summed E-state index contributed by atoms with van der Waals surface area (Å²) in [4.78, 5) is 11.6. The fourth-order valence-electron chi connectivity index (χ4n) is 1.84. The molecule has 0 aromatic heterocycles. The maximum Gasteiger partial charge on any atom is 0.339 e. The van der Waals surface area contributed by atoms with Crippen molar-refractivity contribution in [2.75, 3.05) is 27.9 Å². The summed E-state index contributed by atoms with van der Waals surface area (Å²) in [5, 5.41) is 9.98. The van der Waals surface area contributed by atoms with Gasteiger partial charge >= 0.3 is 5.97 Å². The number of hydrogen-bond donors (Lipinski definition) is 1. The molecular formula is C14H20O6. The lowest BCUT2D eigenvalue weighted by Gasteiger charge is -2.17. The van der Waals surface area contributed by atoms with E-state index in [0.29, 0.717) is 22.6 Å². The molecule has 1 aromatic carbocycles. The number of carbonyl (C=O) groups excluding carboxylic acids is 1. The van der Waals surface area contributed by atoms with Gasteiger partial charge in [-0.05, 0) is 24.6 Å². The van der Waals surface area contributed by atoms with Gasteiger partial charge in [0.25, 0.3) is 0 Å². The summed E-state index contributed by atoms with van der Waals surface area (Å²) in [6.07, 6.45) is -1.37. The molecule has 0 aliphatic carbocycles. The molecule has 6 nitrogen and oxygen atoms in total. The second-order valence-electron chi connectivity index (χ2n) is 4.00. The van der Waals surface area contributed by atoms with Gasteiger partial charge in [-0.1, -0.05) is 0 Å². The second-order valence-corrected chi connectivity index (χ2v) is 4.00. The highest BCUT2D eigenvalue weighted by Gasteiger charge is 2.22. The standard InChI is InChI=1S/C14H20O6/c1-5-20-14(16)12(15)9-6-10(8-17-2)13(19-4)11(7-9)18-3/h6-7,12,15H,5,8H2,1-4H3. The number of aliphatic hydroxyl groups is 1. The molecule has 0 saturated heterocycles. The molecule has 1 unspecified atom stereocenters. The van der Waals surface area contributed by atoms with Crippen LogP contribution >= 0.6 is 0 Å². The summed E-state index contributed by atoms with van der Waals surface area (Å²) in [5.41, 5.74) is 1.04. The van der Waals surface area contributed by atoms with Gasteiger partial charge in [0.1, 0.15) is 0 Å². The highest BCUT2D eigenvalue weighted by molar-refractivity contribution is 5.76. The number of ether oxygens (including phenoxy) is 4. The van der Waals surface area contributed by atoms with E-state index in [1.54, 1.807) is 26.2 Å². The first kappa shape index (κ1) is 16.3. The van der Waals surface area contributed by atoms with E-state index in [4.69, 9.17) is 18.9 Å². The minimum atomic E-state index is -1.37. The van der Waals surface area contributed by atoms with Crippen LogP contribution in [0, 0.1) is 0 Å². The molecule has 1 atom stereocenters. The van der Waals surface area contributed by atoms with E-state index < -0.39 is 12.1 Å². The predicted octanol–water partition coefficient (Wildman–Crippen LogP) is 1.45. The van der Waals surface area contributed by atoms with Crippen molar-refractivity contribution >= 4 is 5.97 Å². The van der Waals surface area contributed by atoms with Gasteiger partial charge in [-0.3, -0.25) is 0 Å². The van der Waals surface area contributed by atoms with Crippen molar-refractivity contribution in [3.05, 3.63) is 23.3 Å². The smallest absolute Gasteiger partial charge is 0.339 e. The third-order valence-corrected chi connectivity index (χ3v) is 2.70. The Kier molecular flexibility index (Phi) is 6.27. The summed E-state index contributed by atoms with van der Waals surface area (Å²) in [7, 11) is 4.54. The number of methoxy groups -OCH3 is 3. The molecule has 0 saturated carbocycles. The first-order chi connectivity index (χ1) is 9.58. The van der Waals surface area contributed by atoms with Crippen LogP contribution in [0.1, 0.15) is 24.2 Å². The van der Waals surface area contributed by atoms with E-state index in [-0.39, 0.29) is 13.2 Å². The molecule has 0 heterocycles. The summed E-state index contributed by atoms with van der Waals surface area (Å²) >= 11 is 0. The van der Waals surface area contributed by atoms with E-state index in [1.807, 2.05) is 0 Å². The van der Waals surface area contributed by atoms with Crippen LogP contribution in [0.3, 0.4) is 0 Å². The maximum absolute atomic E-state index is 11.6. The topological polar surface area (TPSA) is 74.2 Å². The van der Waals surface area contributed by atoms with Crippen LogP contribution < -0.4 is 9.47 Å². The van der Waals surface area contributed by atoms with Gasteiger partial charge in [0, 0.05) is 12.7 Å². The van der Waals surface area contributed by atoms with Gasteiger partial charge in [0.2, 0.25) is 0 Å². The van der Waals surface area contributed by atoms with Gasteiger partial charge in [0.05, 0.1) is 27.4 Å². The van der Waals surface area contributed by atoms with Crippen LogP contribution in [0.4, 0.5) is 0 Å². The first-order valence-corrected chi connectivity index (χ1v) is 6.17. The molecule has 1 N–H and O–H groups in total. The molecule has 1 aromatic rings. The number of esters is 1. The molecule has 0 aliphatic rings.